The Morgan fingerprint density at radius 3 is 3.05 bits per heavy atom. The van der Waals surface area contributed by atoms with Crippen molar-refractivity contribution in [3.63, 3.8) is 0 Å². The molecule has 0 bridgehead atoms. The van der Waals surface area contributed by atoms with E-state index in [2.05, 4.69) is 10.3 Å². The molecule has 2 rings (SSSR count). The van der Waals surface area contributed by atoms with E-state index in [0.29, 0.717) is 12.1 Å². The topological polar surface area (TPSA) is 68.0 Å². The first-order chi connectivity index (χ1) is 9.20. The van der Waals surface area contributed by atoms with Crippen molar-refractivity contribution in [1.82, 2.24) is 4.98 Å². The summed E-state index contributed by atoms with van der Waals surface area (Å²) in [5.41, 5.74) is 7.41. The third kappa shape index (κ3) is 3.68. The number of rotatable bonds is 5. The number of hydrogen-bond acceptors (Lipinski definition) is 4. The number of hydrogen-bond donors (Lipinski definition) is 2. The first kappa shape index (κ1) is 13.8. The van der Waals surface area contributed by atoms with Crippen molar-refractivity contribution in [2.24, 2.45) is 5.73 Å². The highest BCUT2D eigenvalue weighted by Gasteiger charge is 2.13. The van der Waals surface area contributed by atoms with Crippen LogP contribution in [0, 0.1) is 0 Å². The summed E-state index contributed by atoms with van der Waals surface area (Å²) in [4.78, 5) is 16.2. The third-order valence-electron chi connectivity index (χ3n) is 2.83. The van der Waals surface area contributed by atoms with Gasteiger partial charge in [-0.3, -0.25) is 9.78 Å². The molecule has 0 aliphatic carbocycles. The molecular weight excluding hydrogens is 258 g/mol. The van der Waals surface area contributed by atoms with Gasteiger partial charge in [0.05, 0.1) is 23.4 Å². The van der Waals surface area contributed by atoms with Gasteiger partial charge in [0.25, 0.3) is 0 Å². The van der Waals surface area contributed by atoms with Crippen LogP contribution in [0.1, 0.15) is 6.42 Å². The number of carbonyl (C=O) groups is 1. The molecule has 1 heterocycles. The van der Waals surface area contributed by atoms with Gasteiger partial charge in [-0.15, -0.1) is 0 Å². The second-order valence-corrected chi connectivity index (χ2v) is 5.28. The molecule has 0 radical (unpaired) electrons. The van der Waals surface area contributed by atoms with Gasteiger partial charge in [0.2, 0.25) is 5.91 Å². The summed E-state index contributed by atoms with van der Waals surface area (Å²) < 4.78 is 0. The van der Waals surface area contributed by atoms with Gasteiger partial charge < -0.3 is 11.1 Å². The number of aromatic nitrogens is 1. The van der Waals surface area contributed by atoms with Crippen LogP contribution >= 0.6 is 11.8 Å². The quantitative estimate of drug-likeness (QED) is 0.878. The molecule has 19 heavy (non-hydrogen) atoms. The van der Waals surface area contributed by atoms with Crippen LogP contribution in [0.3, 0.4) is 0 Å². The number of nitrogens with two attached hydrogens (primary N) is 1. The molecule has 3 N–H and O–H groups in total. The molecule has 1 aromatic heterocycles. The van der Waals surface area contributed by atoms with Crippen LogP contribution in [0.15, 0.2) is 36.5 Å². The fraction of sp³-hybridized carbons (Fsp3) is 0.286. The number of thioether (sulfide) groups is 1. The maximum atomic E-state index is 11.9. The van der Waals surface area contributed by atoms with E-state index in [4.69, 9.17) is 5.73 Å². The highest BCUT2D eigenvalue weighted by atomic mass is 32.2. The van der Waals surface area contributed by atoms with Gasteiger partial charge in [0.15, 0.2) is 0 Å². The van der Waals surface area contributed by atoms with Crippen LogP contribution in [0.4, 0.5) is 5.69 Å². The van der Waals surface area contributed by atoms with Gasteiger partial charge in [-0.1, -0.05) is 18.2 Å². The normalized spacial score (nSPS) is 12.3. The molecule has 1 aromatic carbocycles. The van der Waals surface area contributed by atoms with E-state index in [0.717, 1.165) is 16.7 Å². The van der Waals surface area contributed by atoms with Crippen molar-refractivity contribution in [2.45, 2.75) is 12.5 Å². The van der Waals surface area contributed by atoms with Crippen molar-refractivity contribution in [1.29, 1.82) is 0 Å². The Bertz CT molecular complexity index is 573. The minimum atomic E-state index is -0.473. The van der Waals surface area contributed by atoms with E-state index in [-0.39, 0.29) is 5.91 Å². The highest BCUT2D eigenvalue weighted by molar-refractivity contribution is 7.98. The van der Waals surface area contributed by atoms with Crippen LogP contribution in [0.5, 0.6) is 0 Å². The Balaban J connectivity index is 2.06. The van der Waals surface area contributed by atoms with Crippen molar-refractivity contribution >= 4 is 34.3 Å². The molecule has 0 saturated carbocycles. The molecule has 1 atom stereocenters. The summed E-state index contributed by atoms with van der Waals surface area (Å²) in [5, 5.41) is 3.81. The molecule has 1 amide bonds. The van der Waals surface area contributed by atoms with Gasteiger partial charge in [-0.25, -0.2) is 0 Å². The number of benzene rings is 1. The van der Waals surface area contributed by atoms with Crippen LogP contribution in [-0.4, -0.2) is 28.9 Å². The number of para-hydroxylation sites is 1. The SMILES string of the molecule is CSCC[C@@H](N)C(=O)Nc1cnc2ccccc2c1. The van der Waals surface area contributed by atoms with E-state index in [9.17, 15) is 4.79 Å². The average molecular weight is 275 g/mol. The molecule has 0 unspecified atom stereocenters. The summed E-state index contributed by atoms with van der Waals surface area (Å²) in [6, 6.07) is 9.21. The summed E-state index contributed by atoms with van der Waals surface area (Å²) in [7, 11) is 0. The minimum Gasteiger partial charge on any atom is -0.323 e. The molecule has 100 valence electrons. The summed E-state index contributed by atoms with van der Waals surface area (Å²) >= 11 is 1.68. The van der Waals surface area contributed by atoms with Crippen LogP contribution in [0.25, 0.3) is 10.9 Å². The Hall–Kier alpha value is -1.59. The van der Waals surface area contributed by atoms with Gasteiger partial charge in [-0.2, -0.15) is 11.8 Å². The maximum Gasteiger partial charge on any atom is 0.241 e. The first-order valence-electron chi connectivity index (χ1n) is 6.11. The second-order valence-electron chi connectivity index (χ2n) is 4.29. The van der Waals surface area contributed by atoms with Gasteiger partial charge in [0.1, 0.15) is 0 Å². The zero-order chi connectivity index (χ0) is 13.7. The Morgan fingerprint density at radius 2 is 2.26 bits per heavy atom. The third-order valence-corrected chi connectivity index (χ3v) is 3.47. The fourth-order valence-corrected chi connectivity index (χ4v) is 2.24. The monoisotopic (exact) mass is 275 g/mol. The summed E-state index contributed by atoms with van der Waals surface area (Å²) in [6.45, 7) is 0. The predicted molar refractivity (Wildman–Crippen MR) is 81.3 cm³/mol. The lowest BCUT2D eigenvalue weighted by molar-refractivity contribution is -0.117. The first-order valence-corrected chi connectivity index (χ1v) is 7.50. The van der Waals surface area contributed by atoms with Crippen LogP contribution < -0.4 is 11.1 Å². The molecular formula is C14H17N3OS. The maximum absolute atomic E-state index is 11.9. The van der Waals surface area contributed by atoms with E-state index in [1.54, 1.807) is 18.0 Å². The highest BCUT2D eigenvalue weighted by Crippen LogP contribution is 2.16. The number of nitrogens with zero attached hydrogens (tertiary/aromatic N) is 1. The van der Waals surface area contributed by atoms with Crippen LogP contribution in [-0.2, 0) is 4.79 Å². The molecule has 2 aromatic rings. The summed E-state index contributed by atoms with van der Waals surface area (Å²) in [5.74, 6) is 0.719. The number of fused-ring (bicyclic) bond motifs is 1. The predicted octanol–water partition coefficient (Wildman–Crippen LogP) is 2.25. The Kier molecular flexibility index (Phi) is 4.76. The van der Waals surface area contributed by atoms with Crippen molar-refractivity contribution < 1.29 is 4.79 Å². The fourth-order valence-electron chi connectivity index (χ4n) is 1.75. The second kappa shape index (κ2) is 6.54. The van der Waals surface area contributed by atoms with E-state index in [1.165, 1.54) is 0 Å². The smallest absolute Gasteiger partial charge is 0.241 e. The van der Waals surface area contributed by atoms with Gasteiger partial charge in [0, 0.05) is 5.39 Å². The Morgan fingerprint density at radius 1 is 1.47 bits per heavy atom. The van der Waals surface area contributed by atoms with E-state index in [1.807, 2.05) is 36.6 Å². The van der Waals surface area contributed by atoms with Crippen molar-refractivity contribution in [3.8, 4) is 0 Å². The molecule has 4 nitrogen and oxygen atoms in total. The van der Waals surface area contributed by atoms with Crippen molar-refractivity contribution in [3.05, 3.63) is 36.5 Å². The van der Waals surface area contributed by atoms with Crippen LogP contribution in [0.2, 0.25) is 0 Å². The summed E-state index contributed by atoms with van der Waals surface area (Å²) in [6.07, 6.45) is 4.33. The lowest BCUT2D eigenvalue weighted by atomic mass is 10.2. The van der Waals surface area contributed by atoms with Gasteiger partial charge in [-0.05, 0) is 30.6 Å². The zero-order valence-corrected chi connectivity index (χ0v) is 11.6. The number of nitrogens with one attached hydrogen (secondary N) is 1. The molecule has 0 saturated heterocycles. The largest absolute Gasteiger partial charge is 0.323 e. The molecule has 0 spiro atoms. The molecule has 5 heteroatoms. The lowest BCUT2D eigenvalue weighted by Gasteiger charge is -2.11. The number of carbonyl (C=O) groups excluding carboxylic acids is 1. The minimum absolute atomic E-state index is 0.161. The molecule has 0 fully saturated rings. The standard InChI is InChI=1S/C14H17N3OS/c1-19-7-6-12(15)14(18)17-11-8-10-4-2-3-5-13(10)16-9-11/h2-5,8-9,12H,6-7,15H2,1H3,(H,17,18)/t12-/m1/s1. The zero-order valence-electron chi connectivity index (χ0n) is 10.8. The van der Waals surface area contributed by atoms with E-state index < -0.39 is 6.04 Å². The van der Waals surface area contributed by atoms with Gasteiger partial charge >= 0.3 is 0 Å². The van der Waals surface area contributed by atoms with E-state index >= 15 is 0 Å². The average Bonchev–Trinajstić information content (AvgIpc) is 2.44. The number of pyridine rings is 1. The number of anilines is 1. The van der Waals surface area contributed by atoms with Crippen molar-refractivity contribution in [2.75, 3.05) is 17.3 Å². The number of amides is 1. The molecule has 0 aliphatic rings. The lowest BCUT2D eigenvalue weighted by Crippen LogP contribution is -2.36. The Labute approximate surface area is 116 Å². The molecule has 0 aliphatic heterocycles.